The molecule has 2 amide bonds. The fraction of sp³-hybridized carbons (Fsp3) is 0.0769. The number of oxazole rings is 1. The van der Waals surface area contributed by atoms with Gasteiger partial charge in [-0.3, -0.25) is 5.43 Å². The van der Waals surface area contributed by atoms with E-state index in [0.29, 0.717) is 17.2 Å². The topological polar surface area (TPSA) is 105 Å². The first kappa shape index (κ1) is 23.8. The molecule has 0 radical (unpaired) electrons. The van der Waals surface area contributed by atoms with Crippen molar-refractivity contribution in [2.24, 2.45) is 0 Å². The molecule has 37 heavy (non-hydrogen) atoms. The number of benzene rings is 3. The van der Waals surface area contributed by atoms with Crippen molar-refractivity contribution >= 4 is 28.6 Å². The monoisotopic (exact) mass is 504 g/mol. The summed E-state index contributed by atoms with van der Waals surface area (Å²) in [6.07, 6.45) is -4.45. The van der Waals surface area contributed by atoms with Crippen molar-refractivity contribution in [3.8, 4) is 22.7 Å². The zero-order valence-electron chi connectivity index (χ0n) is 19.3. The number of hydrogen-bond donors (Lipinski definition) is 3. The minimum Gasteiger partial charge on any atom is -0.436 e. The van der Waals surface area contributed by atoms with Crippen molar-refractivity contribution in [3.63, 3.8) is 0 Å². The van der Waals surface area contributed by atoms with Crippen molar-refractivity contribution in [1.29, 1.82) is 0 Å². The summed E-state index contributed by atoms with van der Waals surface area (Å²) in [6.45, 7) is 1.98. The predicted molar refractivity (Wildman–Crippen MR) is 132 cm³/mol. The Kier molecular flexibility index (Phi) is 6.18. The molecule has 11 heteroatoms. The second-order valence-electron chi connectivity index (χ2n) is 8.15. The van der Waals surface area contributed by atoms with Gasteiger partial charge in [0.15, 0.2) is 11.4 Å². The molecular weight excluding hydrogens is 485 g/mol. The van der Waals surface area contributed by atoms with E-state index in [4.69, 9.17) is 4.42 Å². The molecule has 0 unspecified atom stereocenters. The average Bonchev–Trinajstić information content (AvgIpc) is 3.31. The number of halogens is 3. The Bertz CT molecular complexity index is 1560. The minimum absolute atomic E-state index is 0.201. The van der Waals surface area contributed by atoms with E-state index in [1.165, 1.54) is 24.3 Å². The summed E-state index contributed by atoms with van der Waals surface area (Å²) in [5.41, 5.74) is 8.62. The van der Waals surface area contributed by atoms with Crippen LogP contribution in [-0.2, 0) is 6.18 Å². The molecule has 2 aromatic heterocycles. The molecule has 186 valence electrons. The maximum Gasteiger partial charge on any atom is 0.416 e. The van der Waals surface area contributed by atoms with Gasteiger partial charge in [0.05, 0.1) is 11.3 Å². The van der Waals surface area contributed by atoms with Gasteiger partial charge < -0.3 is 9.73 Å². The molecule has 8 nitrogen and oxygen atoms in total. The number of alkyl halides is 3. The molecule has 0 spiro atoms. The number of carbonyl (C=O) groups excluding carboxylic acids is 1. The van der Waals surface area contributed by atoms with Crippen LogP contribution in [0.2, 0.25) is 0 Å². The molecule has 3 aromatic carbocycles. The number of carbonyl (C=O) groups is 1. The molecule has 0 aliphatic heterocycles. The van der Waals surface area contributed by atoms with Gasteiger partial charge in [-0.2, -0.15) is 13.2 Å². The van der Waals surface area contributed by atoms with Gasteiger partial charge in [0.1, 0.15) is 5.52 Å². The number of anilines is 2. The minimum atomic E-state index is -4.45. The highest BCUT2D eigenvalue weighted by atomic mass is 19.4. The number of amides is 2. The zero-order valence-corrected chi connectivity index (χ0v) is 19.3. The standard InChI is InChI=1S/C26H19F3N6O2/c1-15-5-11-22-21(13-15)31-24(37-22)16-6-8-19(9-7-16)30-25(36)35-34-23-12-10-20(32-33-23)17-3-2-4-18(14-17)26(27,28)29/h2-14H,1H3,(H,33,34)(H2,30,35,36). The summed E-state index contributed by atoms with van der Waals surface area (Å²) in [5, 5.41) is 10.5. The van der Waals surface area contributed by atoms with Gasteiger partial charge in [-0.05, 0) is 73.2 Å². The van der Waals surface area contributed by atoms with Crippen LogP contribution in [0.5, 0.6) is 0 Å². The quantitative estimate of drug-likeness (QED) is 0.238. The van der Waals surface area contributed by atoms with E-state index in [1.54, 1.807) is 24.3 Å². The van der Waals surface area contributed by atoms with Crippen LogP contribution in [-0.4, -0.2) is 21.2 Å². The number of hydrazine groups is 1. The van der Waals surface area contributed by atoms with Gasteiger partial charge >= 0.3 is 12.2 Å². The van der Waals surface area contributed by atoms with Crippen LogP contribution in [0.25, 0.3) is 33.8 Å². The first-order valence-electron chi connectivity index (χ1n) is 11.1. The smallest absolute Gasteiger partial charge is 0.416 e. The highest BCUT2D eigenvalue weighted by Crippen LogP contribution is 2.31. The summed E-state index contributed by atoms with van der Waals surface area (Å²) < 4.78 is 44.6. The summed E-state index contributed by atoms with van der Waals surface area (Å²) in [4.78, 5) is 16.7. The first-order valence-corrected chi connectivity index (χ1v) is 11.1. The molecule has 3 N–H and O–H groups in total. The Hall–Kier alpha value is -4.93. The molecule has 2 heterocycles. The Labute approximate surface area is 208 Å². The maximum atomic E-state index is 12.9. The number of urea groups is 1. The number of aromatic nitrogens is 3. The van der Waals surface area contributed by atoms with Gasteiger partial charge in [0.25, 0.3) is 0 Å². The second-order valence-corrected chi connectivity index (χ2v) is 8.15. The van der Waals surface area contributed by atoms with Gasteiger partial charge in [0, 0.05) is 16.8 Å². The van der Waals surface area contributed by atoms with E-state index < -0.39 is 17.8 Å². The molecule has 0 saturated carbocycles. The fourth-order valence-electron chi connectivity index (χ4n) is 3.55. The maximum absolute atomic E-state index is 12.9. The number of nitrogens with one attached hydrogen (secondary N) is 3. The highest BCUT2D eigenvalue weighted by molar-refractivity contribution is 5.90. The number of aryl methyl sites for hydroxylation is 1. The number of rotatable bonds is 5. The van der Waals surface area contributed by atoms with Gasteiger partial charge in [-0.1, -0.05) is 18.2 Å². The van der Waals surface area contributed by atoms with E-state index in [2.05, 4.69) is 31.3 Å². The lowest BCUT2D eigenvalue weighted by molar-refractivity contribution is -0.137. The third-order valence-electron chi connectivity index (χ3n) is 5.39. The Morgan fingerprint density at radius 1 is 0.892 bits per heavy atom. The van der Waals surface area contributed by atoms with Crippen LogP contribution < -0.4 is 16.2 Å². The van der Waals surface area contributed by atoms with E-state index in [1.807, 2.05) is 25.1 Å². The zero-order chi connectivity index (χ0) is 26.0. The van der Waals surface area contributed by atoms with E-state index in [0.717, 1.165) is 28.8 Å². The number of fused-ring (bicyclic) bond motifs is 1. The highest BCUT2D eigenvalue weighted by Gasteiger charge is 2.30. The van der Waals surface area contributed by atoms with Crippen LogP contribution in [0.3, 0.4) is 0 Å². The Morgan fingerprint density at radius 3 is 2.43 bits per heavy atom. The van der Waals surface area contributed by atoms with Crippen molar-refractivity contribution in [2.75, 3.05) is 10.7 Å². The molecule has 0 saturated heterocycles. The summed E-state index contributed by atoms with van der Waals surface area (Å²) in [6, 6.07) is 20.0. The normalized spacial score (nSPS) is 11.4. The molecular formula is C26H19F3N6O2. The summed E-state index contributed by atoms with van der Waals surface area (Å²) >= 11 is 0. The van der Waals surface area contributed by atoms with Crippen LogP contribution >= 0.6 is 0 Å². The first-order chi connectivity index (χ1) is 17.7. The molecule has 5 rings (SSSR count). The van der Waals surface area contributed by atoms with Crippen molar-refractivity contribution in [3.05, 3.63) is 90.0 Å². The largest absolute Gasteiger partial charge is 0.436 e. The molecule has 0 aliphatic rings. The third kappa shape index (κ3) is 5.50. The van der Waals surface area contributed by atoms with Crippen LogP contribution in [0.1, 0.15) is 11.1 Å². The van der Waals surface area contributed by atoms with Crippen molar-refractivity contribution in [2.45, 2.75) is 13.1 Å². The lowest BCUT2D eigenvalue weighted by atomic mass is 10.1. The van der Waals surface area contributed by atoms with Crippen LogP contribution in [0.4, 0.5) is 29.5 Å². The van der Waals surface area contributed by atoms with Gasteiger partial charge in [-0.15, -0.1) is 10.2 Å². The predicted octanol–water partition coefficient (Wildman–Crippen LogP) is 6.43. The van der Waals surface area contributed by atoms with Crippen LogP contribution in [0, 0.1) is 6.92 Å². The number of nitrogens with zero attached hydrogens (tertiary/aromatic N) is 3. The van der Waals surface area contributed by atoms with Crippen LogP contribution in [0.15, 0.2) is 83.3 Å². The summed E-state index contributed by atoms with van der Waals surface area (Å²) in [7, 11) is 0. The van der Waals surface area contributed by atoms with Gasteiger partial charge in [-0.25, -0.2) is 15.2 Å². The third-order valence-corrected chi connectivity index (χ3v) is 5.39. The molecule has 0 aliphatic carbocycles. The molecule has 0 atom stereocenters. The van der Waals surface area contributed by atoms with E-state index >= 15 is 0 Å². The van der Waals surface area contributed by atoms with Gasteiger partial charge in [0.2, 0.25) is 5.89 Å². The molecule has 0 fully saturated rings. The lowest BCUT2D eigenvalue weighted by Gasteiger charge is -2.10. The fourth-order valence-corrected chi connectivity index (χ4v) is 3.55. The Morgan fingerprint density at radius 2 is 1.70 bits per heavy atom. The van der Waals surface area contributed by atoms with E-state index in [-0.39, 0.29) is 17.1 Å². The van der Waals surface area contributed by atoms with Crippen molar-refractivity contribution in [1.82, 2.24) is 20.6 Å². The van der Waals surface area contributed by atoms with Crippen molar-refractivity contribution < 1.29 is 22.4 Å². The number of hydrogen-bond acceptors (Lipinski definition) is 6. The lowest BCUT2D eigenvalue weighted by Crippen LogP contribution is -2.33. The molecule has 0 bridgehead atoms. The average molecular weight is 504 g/mol. The second kappa shape index (κ2) is 9.61. The molecule has 5 aromatic rings. The Balaban J connectivity index is 1.17. The van der Waals surface area contributed by atoms with E-state index in [9.17, 15) is 18.0 Å². The SMILES string of the molecule is Cc1ccc2oc(-c3ccc(NC(=O)NNc4ccc(-c5cccc(C(F)(F)F)c5)nn4)cc3)nc2c1. The summed E-state index contributed by atoms with van der Waals surface area (Å²) in [5.74, 6) is 0.679.